The zero-order valence-electron chi connectivity index (χ0n) is 8.57. The van der Waals surface area contributed by atoms with Crippen molar-refractivity contribution in [2.24, 2.45) is 15.9 Å². The van der Waals surface area contributed by atoms with Crippen molar-refractivity contribution in [3.8, 4) is 0 Å². The van der Waals surface area contributed by atoms with Crippen LogP contribution in [0.15, 0.2) is 34.4 Å². The number of allylic oxidation sites excluding steroid dienone is 1. The molecular formula is C11H16N2S. The van der Waals surface area contributed by atoms with Crippen molar-refractivity contribution in [3.63, 3.8) is 0 Å². The molecule has 2 nitrogen and oxygen atoms in total. The zero-order valence-corrected chi connectivity index (χ0v) is 9.39. The van der Waals surface area contributed by atoms with Gasteiger partial charge in [-0.2, -0.15) is 11.8 Å². The molecule has 1 heterocycles. The number of thioether (sulfide) groups is 1. The molecule has 14 heavy (non-hydrogen) atoms. The normalized spacial score (nSPS) is 28.5. The first kappa shape index (κ1) is 11.2. The first-order valence-electron chi connectivity index (χ1n) is 4.65. The number of nitrogens with zero attached hydrogens (tertiary/aromatic N) is 2. The van der Waals surface area contributed by atoms with Gasteiger partial charge in [0, 0.05) is 17.9 Å². The molecule has 76 valence electrons. The molecule has 0 saturated heterocycles. The maximum absolute atomic E-state index is 4.28. The quantitative estimate of drug-likeness (QED) is 0.506. The standard InChI is InChI=1S/C11H16N2S/c1-9-6-4-5-7-13-11(12-2)10(9)8-14-3/h5,7,10H,1-2,4,6,8H2,3H3/b7-5-,13-11+. The van der Waals surface area contributed by atoms with Gasteiger partial charge < -0.3 is 0 Å². The lowest BCUT2D eigenvalue weighted by molar-refractivity contribution is 0.816. The van der Waals surface area contributed by atoms with Crippen molar-refractivity contribution in [3.05, 3.63) is 24.4 Å². The molecule has 1 unspecified atom stereocenters. The van der Waals surface area contributed by atoms with E-state index < -0.39 is 0 Å². The summed E-state index contributed by atoms with van der Waals surface area (Å²) in [6.45, 7) is 7.66. The zero-order chi connectivity index (χ0) is 10.4. The monoisotopic (exact) mass is 208 g/mol. The van der Waals surface area contributed by atoms with Crippen LogP contribution in [-0.2, 0) is 0 Å². The molecule has 0 spiro atoms. The van der Waals surface area contributed by atoms with Gasteiger partial charge in [-0.25, -0.2) is 9.98 Å². The summed E-state index contributed by atoms with van der Waals surface area (Å²) < 4.78 is 0. The van der Waals surface area contributed by atoms with Crippen LogP contribution < -0.4 is 0 Å². The fourth-order valence-corrected chi connectivity index (χ4v) is 2.15. The highest BCUT2D eigenvalue weighted by Gasteiger charge is 2.18. The Morgan fingerprint density at radius 1 is 1.71 bits per heavy atom. The SMILES string of the molecule is C=N/C1=N/C=C\CCC(=C)C1CSC. The van der Waals surface area contributed by atoms with Crippen molar-refractivity contribution in [2.75, 3.05) is 12.0 Å². The maximum Gasteiger partial charge on any atom is 0.135 e. The van der Waals surface area contributed by atoms with Gasteiger partial charge in [-0.15, -0.1) is 0 Å². The second-order valence-electron chi connectivity index (χ2n) is 3.24. The second kappa shape index (κ2) is 5.81. The average molecular weight is 208 g/mol. The second-order valence-corrected chi connectivity index (χ2v) is 4.15. The first-order chi connectivity index (χ1) is 6.79. The Bertz CT molecular complexity index is 279. The summed E-state index contributed by atoms with van der Waals surface area (Å²) in [7, 11) is 0. The predicted molar refractivity (Wildman–Crippen MR) is 66.4 cm³/mol. The van der Waals surface area contributed by atoms with Crippen LogP contribution in [0, 0.1) is 5.92 Å². The lowest BCUT2D eigenvalue weighted by atomic mass is 9.96. The Hall–Kier alpha value is -0.830. The van der Waals surface area contributed by atoms with Gasteiger partial charge in [0.15, 0.2) is 0 Å². The summed E-state index contributed by atoms with van der Waals surface area (Å²) in [5, 5.41) is 0. The molecule has 1 rings (SSSR count). The summed E-state index contributed by atoms with van der Waals surface area (Å²) in [4.78, 5) is 8.26. The highest BCUT2D eigenvalue weighted by molar-refractivity contribution is 7.98. The Morgan fingerprint density at radius 2 is 2.50 bits per heavy atom. The highest BCUT2D eigenvalue weighted by atomic mass is 32.2. The molecule has 0 bridgehead atoms. The molecule has 0 saturated carbocycles. The molecule has 0 radical (unpaired) electrons. The van der Waals surface area contributed by atoms with Gasteiger partial charge in [-0.3, -0.25) is 0 Å². The minimum absolute atomic E-state index is 0.271. The van der Waals surface area contributed by atoms with E-state index in [0.717, 1.165) is 24.4 Å². The van der Waals surface area contributed by atoms with Crippen LogP contribution in [0.4, 0.5) is 0 Å². The molecule has 1 aliphatic rings. The Labute approximate surface area is 89.9 Å². The molecule has 0 amide bonds. The van der Waals surface area contributed by atoms with Crippen LogP contribution in [-0.4, -0.2) is 24.6 Å². The molecule has 0 aromatic carbocycles. The van der Waals surface area contributed by atoms with Gasteiger partial charge in [0.1, 0.15) is 5.84 Å². The highest BCUT2D eigenvalue weighted by Crippen LogP contribution is 2.23. The third-order valence-corrected chi connectivity index (χ3v) is 2.91. The van der Waals surface area contributed by atoms with E-state index in [1.54, 1.807) is 11.8 Å². The smallest absolute Gasteiger partial charge is 0.135 e. The van der Waals surface area contributed by atoms with Crippen LogP contribution >= 0.6 is 11.8 Å². The Morgan fingerprint density at radius 3 is 3.14 bits per heavy atom. The Balaban J connectivity index is 2.89. The van der Waals surface area contributed by atoms with Crippen molar-refractivity contribution >= 4 is 24.3 Å². The molecule has 0 N–H and O–H groups in total. The summed E-state index contributed by atoms with van der Waals surface area (Å²) in [5.74, 6) is 2.07. The fourth-order valence-electron chi connectivity index (χ4n) is 1.43. The number of amidine groups is 1. The Kier molecular flexibility index (Phi) is 4.66. The van der Waals surface area contributed by atoms with E-state index in [1.165, 1.54) is 5.57 Å². The van der Waals surface area contributed by atoms with E-state index in [4.69, 9.17) is 0 Å². The van der Waals surface area contributed by atoms with E-state index >= 15 is 0 Å². The van der Waals surface area contributed by atoms with Gasteiger partial charge >= 0.3 is 0 Å². The largest absolute Gasteiger partial charge is 0.249 e. The topological polar surface area (TPSA) is 24.7 Å². The molecule has 0 aromatic rings. The van der Waals surface area contributed by atoms with Crippen LogP contribution in [0.3, 0.4) is 0 Å². The van der Waals surface area contributed by atoms with E-state index in [-0.39, 0.29) is 5.92 Å². The van der Waals surface area contributed by atoms with Gasteiger partial charge in [-0.05, 0) is 25.8 Å². The minimum atomic E-state index is 0.271. The number of rotatable bonds is 2. The van der Waals surface area contributed by atoms with E-state index in [2.05, 4.69) is 29.5 Å². The van der Waals surface area contributed by atoms with Gasteiger partial charge in [0.25, 0.3) is 0 Å². The lowest BCUT2D eigenvalue weighted by Crippen LogP contribution is -2.18. The van der Waals surface area contributed by atoms with Crippen LogP contribution in [0.1, 0.15) is 12.8 Å². The predicted octanol–water partition coefficient (Wildman–Crippen LogP) is 2.93. The minimum Gasteiger partial charge on any atom is -0.249 e. The van der Waals surface area contributed by atoms with Crippen LogP contribution in [0.5, 0.6) is 0 Å². The third kappa shape index (κ3) is 2.84. The van der Waals surface area contributed by atoms with Crippen LogP contribution in [0.25, 0.3) is 0 Å². The number of hydrogen-bond donors (Lipinski definition) is 0. The molecule has 0 aromatic heterocycles. The van der Waals surface area contributed by atoms with Crippen molar-refractivity contribution < 1.29 is 0 Å². The van der Waals surface area contributed by atoms with E-state index in [9.17, 15) is 0 Å². The summed E-state index contributed by atoms with van der Waals surface area (Å²) in [6, 6.07) is 0. The van der Waals surface area contributed by atoms with Gasteiger partial charge in [-0.1, -0.05) is 18.2 Å². The molecule has 3 heteroatoms. The number of hydrogen-bond acceptors (Lipinski definition) is 3. The number of aliphatic imine (C=N–C) groups is 2. The first-order valence-corrected chi connectivity index (χ1v) is 6.05. The lowest BCUT2D eigenvalue weighted by Gasteiger charge is -2.18. The summed E-state index contributed by atoms with van der Waals surface area (Å²) in [6.07, 6.45) is 8.01. The van der Waals surface area contributed by atoms with E-state index in [1.807, 2.05) is 12.3 Å². The fraction of sp³-hybridized carbons (Fsp3) is 0.455. The average Bonchev–Trinajstić information content (AvgIpc) is 2.18. The molecule has 1 atom stereocenters. The van der Waals surface area contributed by atoms with Crippen molar-refractivity contribution in [2.45, 2.75) is 12.8 Å². The van der Waals surface area contributed by atoms with Gasteiger partial charge in [0.2, 0.25) is 0 Å². The van der Waals surface area contributed by atoms with E-state index in [0.29, 0.717) is 0 Å². The van der Waals surface area contributed by atoms with Gasteiger partial charge in [0.05, 0.1) is 0 Å². The third-order valence-electron chi connectivity index (χ3n) is 2.24. The summed E-state index contributed by atoms with van der Waals surface area (Å²) in [5.41, 5.74) is 1.22. The molecule has 1 aliphatic heterocycles. The molecule has 0 aliphatic carbocycles. The van der Waals surface area contributed by atoms with Crippen LogP contribution in [0.2, 0.25) is 0 Å². The molecular weight excluding hydrogens is 192 g/mol. The summed E-state index contributed by atoms with van der Waals surface area (Å²) >= 11 is 1.79. The maximum atomic E-state index is 4.28. The van der Waals surface area contributed by atoms with Crippen molar-refractivity contribution in [1.29, 1.82) is 0 Å². The molecule has 0 fully saturated rings. The van der Waals surface area contributed by atoms with Crippen molar-refractivity contribution in [1.82, 2.24) is 0 Å².